The summed E-state index contributed by atoms with van der Waals surface area (Å²) in [6.45, 7) is 4.42. The van der Waals surface area contributed by atoms with Gasteiger partial charge in [0.1, 0.15) is 28.9 Å². The van der Waals surface area contributed by atoms with E-state index in [1.165, 1.54) is 23.3 Å². The maximum Gasteiger partial charge on any atom is 0.243 e. The number of amides is 1. The summed E-state index contributed by atoms with van der Waals surface area (Å²) in [6.07, 6.45) is 5.87. The smallest absolute Gasteiger partial charge is 0.243 e. The molecule has 1 amide bonds. The summed E-state index contributed by atoms with van der Waals surface area (Å²) in [5.74, 6) is -1.63. The minimum Gasteiger partial charge on any atom is -0.273 e. The molecule has 1 unspecified atom stereocenters. The average molecular weight is 420 g/mol. The molecule has 3 heterocycles. The van der Waals surface area contributed by atoms with Crippen LogP contribution >= 0.6 is 0 Å². The standard InChI is InChI=1S/C22H18F2N6O/c1-14(12-29-13-16-8-19(10-25)26-11-20(16)28-29)2-3-22(31)30-21(4-5-27-30)15-6-17(23)9-18(24)7-15/h5-9,11,13,21H,1-4,12H2. The molecule has 0 fully saturated rings. The lowest BCUT2D eigenvalue weighted by atomic mass is 10.0. The first kappa shape index (κ1) is 20.3. The highest BCUT2D eigenvalue weighted by Gasteiger charge is 2.28. The van der Waals surface area contributed by atoms with E-state index < -0.39 is 17.7 Å². The maximum atomic E-state index is 13.6. The van der Waals surface area contributed by atoms with E-state index in [1.807, 2.05) is 6.07 Å². The first-order chi connectivity index (χ1) is 14.9. The Bertz CT molecular complexity index is 1220. The number of rotatable bonds is 6. The molecule has 0 aliphatic carbocycles. The fourth-order valence-corrected chi connectivity index (χ4v) is 3.53. The summed E-state index contributed by atoms with van der Waals surface area (Å²) < 4.78 is 28.8. The molecule has 3 aromatic rings. The first-order valence-corrected chi connectivity index (χ1v) is 9.63. The zero-order valence-corrected chi connectivity index (χ0v) is 16.5. The normalized spacial score (nSPS) is 15.4. The molecule has 156 valence electrons. The molecule has 0 saturated heterocycles. The number of hydrogen-bond acceptors (Lipinski definition) is 5. The van der Waals surface area contributed by atoms with Gasteiger partial charge >= 0.3 is 0 Å². The van der Waals surface area contributed by atoms with Crippen LogP contribution in [0.1, 0.15) is 36.6 Å². The molecule has 1 aliphatic heterocycles. The second kappa shape index (κ2) is 8.44. The lowest BCUT2D eigenvalue weighted by molar-refractivity contribution is -0.133. The summed E-state index contributed by atoms with van der Waals surface area (Å²) in [6, 6.07) is 6.36. The van der Waals surface area contributed by atoms with Crippen LogP contribution in [0.3, 0.4) is 0 Å². The monoisotopic (exact) mass is 420 g/mol. The maximum absolute atomic E-state index is 13.6. The number of nitriles is 1. The van der Waals surface area contributed by atoms with E-state index in [-0.39, 0.29) is 12.3 Å². The third-order valence-electron chi connectivity index (χ3n) is 4.99. The van der Waals surface area contributed by atoms with Crippen LogP contribution in [0.5, 0.6) is 0 Å². The minimum absolute atomic E-state index is 0.158. The summed E-state index contributed by atoms with van der Waals surface area (Å²) in [5, 5.41) is 19.5. The largest absolute Gasteiger partial charge is 0.273 e. The van der Waals surface area contributed by atoms with Crippen molar-refractivity contribution in [3.8, 4) is 6.07 Å². The van der Waals surface area contributed by atoms with Gasteiger partial charge in [0.05, 0.1) is 18.8 Å². The van der Waals surface area contributed by atoms with Crippen molar-refractivity contribution < 1.29 is 13.6 Å². The summed E-state index contributed by atoms with van der Waals surface area (Å²) >= 11 is 0. The minimum atomic E-state index is -0.689. The van der Waals surface area contributed by atoms with Crippen molar-refractivity contribution in [1.82, 2.24) is 19.8 Å². The Morgan fingerprint density at radius 1 is 1.23 bits per heavy atom. The highest BCUT2D eigenvalue weighted by atomic mass is 19.1. The van der Waals surface area contributed by atoms with Crippen LogP contribution in [0.15, 0.2) is 53.9 Å². The molecule has 0 spiro atoms. The molecule has 1 aliphatic rings. The van der Waals surface area contributed by atoms with Crippen molar-refractivity contribution in [2.45, 2.75) is 31.8 Å². The number of fused-ring (bicyclic) bond motifs is 1. The van der Waals surface area contributed by atoms with Crippen LogP contribution in [0.2, 0.25) is 0 Å². The van der Waals surface area contributed by atoms with Crippen LogP contribution < -0.4 is 0 Å². The Morgan fingerprint density at radius 3 is 2.74 bits per heavy atom. The summed E-state index contributed by atoms with van der Waals surface area (Å²) in [4.78, 5) is 16.7. The second-order valence-corrected chi connectivity index (χ2v) is 7.31. The third-order valence-corrected chi connectivity index (χ3v) is 4.99. The number of hydrogen-bond donors (Lipinski definition) is 0. The topological polar surface area (TPSA) is 87.2 Å². The molecule has 31 heavy (non-hydrogen) atoms. The molecular weight excluding hydrogens is 402 g/mol. The predicted octanol–water partition coefficient (Wildman–Crippen LogP) is 3.88. The van der Waals surface area contributed by atoms with Gasteiger partial charge in [-0.25, -0.2) is 18.8 Å². The lowest BCUT2D eigenvalue weighted by Gasteiger charge is -2.22. The Morgan fingerprint density at radius 2 is 2.00 bits per heavy atom. The Labute approximate surface area is 176 Å². The number of allylic oxidation sites excluding steroid dienone is 1. The van der Waals surface area contributed by atoms with E-state index in [2.05, 4.69) is 21.8 Å². The van der Waals surface area contributed by atoms with E-state index in [4.69, 9.17) is 5.26 Å². The lowest BCUT2D eigenvalue weighted by Crippen LogP contribution is -2.27. The third kappa shape index (κ3) is 4.48. The number of halogens is 2. The average Bonchev–Trinajstić information content (AvgIpc) is 3.37. The molecule has 7 nitrogen and oxygen atoms in total. The molecule has 9 heteroatoms. The predicted molar refractivity (Wildman–Crippen MR) is 110 cm³/mol. The molecule has 4 rings (SSSR count). The van der Waals surface area contributed by atoms with Crippen LogP contribution in [0.4, 0.5) is 8.78 Å². The van der Waals surface area contributed by atoms with E-state index in [0.717, 1.165) is 17.0 Å². The quantitative estimate of drug-likeness (QED) is 0.567. The summed E-state index contributed by atoms with van der Waals surface area (Å²) in [7, 11) is 0. The first-order valence-electron chi connectivity index (χ1n) is 9.63. The van der Waals surface area contributed by atoms with E-state index in [1.54, 1.807) is 23.2 Å². The van der Waals surface area contributed by atoms with Gasteiger partial charge in [0.25, 0.3) is 0 Å². The van der Waals surface area contributed by atoms with Crippen molar-refractivity contribution in [2.75, 3.05) is 0 Å². The number of nitrogens with zero attached hydrogens (tertiary/aromatic N) is 6. The van der Waals surface area contributed by atoms with Crippen LogP contribution in [-0.4, -0.2) is 31.9 Å². The van der Waals surface area contributed by atoms with Gasteiger partial charge in [0.2, 0.25) is 5.91 Å². The van der Waals surface area contributed by atoms with E-state index in [9.17, 15) is 13.6 Å². The number of carbonyl (C=O) groups excluding carboxylic acids is 1. The zero-order valence-electron chi connectivity index (χ0n) is 16.5. The van der Waals surface area contributed by atoms with E-state index in [0.29, 0.717) is 36.2 Å². The van der Waals surface area contributed by atoms with Crippen molar-refractivity contribution >= 4 is 23.0 Å². The zero-order chi connectivity index (χ0) is 22.0. The second-order valence-electron chi connectivity index (χ2n) is 7.31. The summed E-state index contributed by atoms with van der Waals surface area (Å²) in [5.41, 5.74) is 2.14. The molecular formula is C22H18F2N6O. The number of aromatic nitrogens is 3. The van der Waals surface area contributed by atoms with Gasteiger partial charge in [-0.1, -0.05) is 12.2 Å². The van der Waals surface area contributed by atoms with Crippen molar-refractivity contribution in [3.63, 3.8) is 0 Å². The van der Waals surface area contributed by atoms with Gasteiger partial charge in [-0.05, 0) is 30.2 Å². The van der Waals surface area contributed by atoms with Crippen LogP contribution in [-0.2, 0) is 11.3 Å². The van der Waals surface area contributed by atoms with Crippen LogP contribution in [0.25, 0.3) is 10.9 Å². The van der Waals surface area contributed by atoms with Crippen LogP contribution in [0, 0.1) is 23.0 Å². The molecule has 0 N–H and O–H groups in total. The number of hydrazone groups is 1. The van der Waals surface area contributed by atoms with E-state index >= 15 is 0 Å². The van der Waals surface area contributed by atoms with Crippen molar-refractivity contribution in [1.29, 1.82) is 5.26 Å². The number of benzene rings is 1. The molecule has 0 bridgehead atoms. The molecule has 1 atom stereocenters. The van der Waals surface area contributed by atoms with Crippen molar-refractivity contribution in [2.24, 2.45) is 5.10 Å². The molecule has 0 saturated carbocycles. The van der Waals surface area contributed by atoms with Gasteiger partial charge in [-0.15, -0.1) is 0 Å². The molecule has 0 radical (unpaired) electrons. The molecule has 2 aromatic heterocycles. The van der Waals surface area contributed by atoms with Gasteiger partial charge in [0, 0.05) is 36.7 Å². The van der Waals surface area contributed by atoms with Crippen molar-refractivity contribution in [3.05, 3.63) is 71.7 Å². The van der Waals surface area contributed by atoms with Gasteiger partial charge in [-0.2, -0.15) is 15.5 Å². The highest BCUT2D eigenvalue weighted by Crippen LogP contribution is 2.30. The van der Waals surface area contributed by atoms with Gasteiger partial charge in [-0.3, -0.25) is 9.48 Å². The van der Waals surface area contributed by atoms with Gasteiger partial charge < -0.3 is 0 Å². The fourth-order valence-electron chi connectivity index (χ4n) is 3.53. The van der Waals surface area contributed by atoms with Gasteiger partial charge in [0.15, 0.2) is 0 Å². The highest BCUT2D eigenvalue weighted by molar-refractivity contribution is 5.80. The molecule has 1 aromatic carbocycles. The number of carbonyl (C=O) groups is 1. The fraction of sp³-hybridized carbons (Fsp3) is 0.227. The Kier molecular flexibility index (Phi) is 5.54. The Hall–Kier alpha value is -3.93. The SMILES string of the molecule is C=C(CCC(=O)N1N=CCC1c1cc(F)cc(F)c1)Cn1cc2cc(C#N)ncc2n1. The number of pyridine rings is 1. The Balaban J connectivity index is 1.37.